The van der Waals surface area contributed by atoms with Crippen molar-refractivity contribution in [2.24, 2.45) is 0 Å². The summed E-state index contributed by atoms with van der Waals surface area (Å²) < 4.78 is 0. The first-order valence-electron chi connectivity index (χ1n) is 19.1. The molecule has 11 rings (SSSR count). The number of para-hydroxylation sites is 1. The zero-order valence-electron chi connectivity index (χ0n) is 30.8. The van der Waals surface area contributed by atoms with Crippen molar-refractivity contribution in [1.29, 1.82) is 0 Å². The highest BCUT2D eigenvalue weighted by Gasteiger charge is 2.37. The molecule has 0 N–H and O–H groups in total. The van der Waals surface area contributed by atoms with Crippen molar-refractivity contribution < 1.29 is 0 Å². The van der Waals surface area contributed by atoms with Gasteiger partial charge in [-0.1, -0.05) is 159 Å². The third-order valence-electron chi connectivity index (χ3n) is 12.5. The lowest BCUT2D eigenvalue weighted by atomic mass is 9.80. The second-order valence-electron chi connectivity index (χ2n) is 15.7. The molecular formula is C53H39N. The molecule has 0 radical (unpaired) electrons. The van der Waals surface area contributed by atoms with Crippen LogP contribution in [0.5, 0.6) is 0 Å². The van der Waals surface area contributed by atoms with Crippen LogP contribution in [0.2, 0.25) is 0 Å². The molecule has 1 heteroatoms. The van der Waals surface area contributed by atoms with E-state index in [4.69, 9.17) is 0 Å². The van der Waals surface area contributed by atoms with Crippen molar-refractivity contribution in [3.05, 3.63) is 192 Å². The Morgan fingerprint density at radius 3 is 1.93 bits per heavy atom. The lowest BCUT2D eigenvalue weighted by Gasteiger charge is -2.31. The quantitative estimate of drug-likeness (QED) is 0.167. The summed E-state index contributed by atoms with van der Waals surface area (Å²) in [6, 6.07) is 63.8. The first-order valence-corrected chi connectivity index (χ1v) is 19.1. The van der Waals surface area contributed by atoms with Crippen LogP contribution in [0.25, 0.3) is 76.8 Å². The van der Waals surface area contributed by atoms with Crippen LogP contribution >= 0.6 is 0 Å². The highest BCUT2D eigenvalue weighted by Crippen LogP contribution is 2.55. The number of benzene rings is 9. The third-order valence-corrected chi connectivity index (χ3v) is 12.5. The van der Waals surface area contributed by atoms with E-state index in [9.17, 15) is 0 Å². The Kier molecular flexibility index (Phi) is 6.64. The highest BCUT2D eigenvalue weighted by molar-refractivity contribution is 6.23. The Hall–Kier alpha value is -6.44. The molecule has 0 unspecified atom stereocenters. The first-order chi connectivity index (χ1) is 26.5. The van der Waals surface area contributed by atoms with Crippen molar-refractivity contribution in [3.8, 4) is 44.5 Å². The topological polar surface area (TPSA) is 3.24 Å². The molecule has 1 aliphatic carbocycles. The van der Waals surface area contributed by atoms with Gasteiger partial charge in [0.25, 0.3) is 0 Å². The number of fused-ring (bicyclic) bond motifs is 8. The fraction of sp³-hybridized carbons (Fsp3) is 0.0943. The number of rotatable bonds is 3. The molecular weight excluding hydrogens is 651 g/mol. The molecule has 2 aliphatic rings. The molecule has 0 spiro atoms. The van der Waals surface area contributed by atoms with Crippen LogP contribution in [0.4, 0.5) is 11.4 Å². The predicted molar refractivity (Wildman–Crippen MR) is 230 cm³/mol. The van der Waals surface area contributed by atoms with E-state index in [1.165, 1.54) is 110 Å². The van der Waals surface area contributed by atoms with Gasteiger partial charge in [-0.05, 0) is 123 Å². The van der Waals surface area contributed by atoms with Crippen LogP contribution in [0.15, 0.2) is 170 Å². The van der Waals surface area contributed by atoms with E-state index in [-0.39, 0.29) is 5.41 Å². The number of hydrogen-bond donors (Lipinski definition) is 0. The van der Waals surface area contributed by atoms with Crippen LogP contribution in [0, 0.1) is 0 Å². The van der Waals surface area contributed by atoms with Crippen molar-refractivity contribution in [3.63, 3.8) is 0 Å². The summed E-state index contributed by atoms with van der Waals surface area (Å²) in [5, 5.41) is 7.63. The van der Waals surface area contributed by atoms with Gasteiger partial charge in [0.05, 0.1) is 0 Å². The predicted octanol–water partition coefficient (Wildman–Crippen LogP) is 14.1. The van der Waals surface area contributed by atoms with Gasteiger partial charge in [-0.25, -0.2) is 0 Å². The van der Waals surface area contributed by atoms with E-state index in [1.54, 1.807) is 0 Å². The molecule has 0 aromatic heterocycles. The minimum atomic E-state index is -0.0858. The molecule has 9 aromatic carbocycles. The standard InChI is InChI=1S/C53H39N/c1-53(2)46-20-10-9-18-43(46)52-44(19-12-21-47(52)53)51-41-17-8-7-16-40(41)50(39-26-25-38-30-37-15-6-11-22-48(37)54(3)49(38)32-39)42-28-27-36(31-45(42)51)35-24-23-33-13-4-5-14-34(33)29-35/h4-29,31-32H,30H2,1-3H3. The maximum atomic E-state index is 2.47. The zero-order chi connectivity index (χ0) is 36.1. The molecule has 0 atom stereocenters. The van der Waals surface area contributed by atoms with Gasteiger partial charge in [-0.2, -0.15) is 0 Å². The molecule has 0 bridgehead atoms. The van der Waals surface area contributed by atoms with E-state index < -0.39 is 0 Å². The molecule has 0 fully saturated rings. The van der Waals surface area contributed by atoms with Gasteiger partial charge in [-0.15, -0.1) is 0 Å². The van der Waals surface area contributed by atoms with Gasteiger partial charge in [0, 0.05) is 30.3 Å². The Labute approximate surface area is 316 Å². The van der Waals surface area contributed by atoms with E-state index >= 15 is 0 Å². The van der Waals surface area contributed by atoms with E-state index in [2.05, 4.69) is 196 Å². The summed E-state index contributed by atoms with van der Waals surface area (Å²) >= 11 is 0. The van der Waals surface area contributed by atoms with E-state index in [0.717, 1.165) is 6.42 Å². The summed E-state index contributed by atoms with van der Waals surface area (Å²) in [6.45, 7) is 4.76. The second kappa shape index (κ2) is 11.5. The molecule has 1 nitrogen and oxygen atoms in total. The van der Waals surface area contributed by atoms with Gasteiger partial charge in [0.15, 0.2) is 0 Å². The molecule has 54 heavy (non-hydrogen) atoms. The molecule has 0 saturated carbocycles. The zero-order valence-corrected chi connectivity index (χ0v) is 30.8. The Bertz CT molecular complexity index is 3020. The Balaban J connectivity index is 1.23. The lowest BCUT2D eigenvalue weighted by molar-refractivity contribution is 0.660. The number of nitrogens with zero attached hydrogens (tertiary/aromatic N) is 1. The lowest BCUT2D eigenvalue weighted by Crippen LogP contribution is -2.18. The minimum Gasteiger partial charge on any atom is -0.344 e. The maximum absolute atomic E-state index is 2.47. The van der Waals surface area contributed by atoms with Gasteiger partial charge >= 0.3 is 0 Å². The monoisotopic (exact) mass is 689 g/mol. The summed E-state index contributed by atoms with van der Waals surface area (Å²) in [5.74, 6) is 0. The normalized spacial score (nSPS) is 13.9. The molecule has 1 aliphatic heterocycles. The van der Waals surface area contributed by atoms with Crippen molar-refractivity contribution in [1.82, 2.24) is 0 Å². The van der Waals surface area contributed by atoms with Crippen molar-refractivity contribution in [2.45, 2.75) is 25.7 Å². The molecule has 9 aromatic rings. The average molecular weight is 690 g/mol. The Morgan fingerprint density at radius 2 is 1.04 bits per heavy atom. The summed E-state index contributed by atoms with van der Waals surface area (Å²) in [5.41, 5.74) is 18.3. The molecule has 0 amide bonds. The fourth-order valence-corrected chi connectivity index (χ4v) is 9.79. The smallest absolute Gasteiger partial charge is 0.0450 e. The summed E-state index contributed by atoms with van der Waals surface area (Å²) in [6.07, 6.45) is 0.947. The fourth-order valence-electron chi connectivity index (χ4n) is 9.79. The van der Waals surface area contributed by atoms with Crippen LogP contribution in [-0.4, -0.2) is 7.05 Å². The first kappa shape index (κ1) is 31.1. The molecule has 0 saturated heterocycles. The third kappa shape index (κ3) is 4.45. The van der Waals surface area contributed by atoms with Crippen molar-refractivity contribution >= 4 is 43.7 Å². The molecule has 1 heterocycles. The van der Waals surface area contributed by atoms with Gasteiger partial charge in [0.2, 0.25) is 0 Å². The Morgan fingerprint density at radius 1 is 0.407 bits per heavy atom. The van der Waals surface area contributed by atoms with Gasteiger partial charge in [0.1, 0.15) is 0 Å². The number of anilines is 2. The van der Waals surface area contributed by atoms with Gasteiger partial charge < -0.3 is 4.90 Å². The minimum absolute atomic E-state index is 0.0858. The molecule has 256 valence electrons. The average Bonchev–Trinajstić information content (AvgIpc) is 3.45. The summed E-state index contributed by atoms with van der Waals surface area (Å²) in [4.78, 5) is 2.38. The van der Waals surface area contributed by atoms with Crippen molar-refractivity contribution in [2.75, 3.05) is 11.9 Å². The van der Waals surface area contributed by atoms with E-state index in [1.807, 2.05) is 0 Å². The summed E-state index contributed by atoms with van der Waals surface area (Å²) in [7, 11) is 2.21. The number of hydrogen-bond acceptors (Lipinski definition) is 1. The largest absolute Gasteiger partial charge is 0.344 e. The van der Waals surface area contributed by atoms with Gasteiger partial charge in [-0.3, -0.25) is 0 Å². The van der Waals surface area contributed by atoms with Crippen LogP contribution < -0.4 is 4.90 Å². The van der Waals surface area contributed by atoms with Crippen LogP contribution in [-0.2, 0) is 11.8 Å². The SMILES string of the molecule is CN1c2ccccc2Cc2ccc(-c3c4ccccc4c(-c4cccc5c4-c4ccccc4C5(C)C)c4cc(-c5ccc6ccccc6c5)ccc34)cc21. The second-order valence-corrected chi connectivity index (χ2v) is 15.7. The highest BCUT2D eigenvalue weighted by atomic mass is 15.1. The maximum Gasteiger partial charge on any atom is 0.0450 e. The van der Waals surface area contributed by atoms with Crippen LogP contribution in [0.1, 0.15) is 36.1 Å². The van der Waals surface area contributed by atoms with Crippen LogP contribution in [0.3, 0.4) is 0 Å². The van der Waals surface area contributed by atoms with E-state index in [0.29, 0.717) is 0 Å².